The first-order valence-electron chi connectivity index (χ1n) is 7.40. The minimum atomic E-state index is -0.0206. The van der Waals surface area contributed by atoms with Crippen LogP contribution in [-0.4, -0.2) is 18.5 Å². The van der Waals surface area contributed by atoms with E-state index in [-0.39, 0.29) is 5.91 Å². The van der Waals surface area contributed by atoms with E-state index in [0.29, 0.717) is 17.6 Å². The van der Waals surface area contributed by atoms with Crippen LogP contribution in [0.5, 0.6) is 0 Å². The molecule has 1 atom stereocenters. The molecule has 1 unspecified atom stereocenters. The molecule has 0 saturated carbocycles. The number of hydrogen-bond donors (Lipinski definition) is 2. The summed E-state index contributed by atoms with van der Waals surface area (Å²) in [5.74, 6) is -0.0206. The zero-order valence-corrected chi connectivity index (χ0v) is 13.2. The second kappa shape index (κ2) is 9.78. The summed E-state index contributed by atoms with van der Waals surface area (Å²) in [4.78, 5) is 11.8. The number of anilines is 1. The SMILES string of the molecule is CCCCCCC(C)NCC(=O)Nc1ccc(Cl)cc1. The third kappa shape index (κ3) is 7.51. The van der Waals surface area contributed by atoms with E-state index in [9.17, 15) is 4.79 Å². The Kier molecular flexibility index (Phi) is 8.31. The fraction of sp³-hybridized carbons (Fsp3) is 0.562. The lowest BCUT2D eigenvalue weighted by molar-refractivity contribution is -0.115. The maximum atomic E-state index is 11.8. The topological polar surface area (TPSA) is 41.1 Å². The minimum absolute atomic E-state index is 0.0206. The zero-order valence-electron chi connectivity index (χ0n) is 12.4. The number of carbonyl (C=O) groups is 1. The number of unbranched alkanes of at least 4 members (excludes halogenated alkanes) is 3. The van der Waals surface area contributed by atoms with Crippen LogP contribution in [-0.2, 0) is 4.79 Å². The van der Waals surface area contributed by atoms with Crippen LogP contribution >= 0.6 is 11.6 Å². The van der Waals surface area contributed by atoms with Gasteiger partial charge in [-0.3, -0.25) is 4.79 Å². The monoisotopic (exact) mass is 296 g/mol. The molecule has 1 aromatic carbocycles. The van der Waals surface area contributed by atoms with Crippen LogP contribution in [0, 0.1) is 0 Å². The number of halogens is 1. The van der Waals surface area contributed by atoms with Crippen molar-refractivity contribution in [3.8, 4) is 0 Å². The van der Waals surface area contributed by atoms with Gasteiger partial charge >= 0.3 is 0 Å². The van der Waals surface area contributed by atoms with Crippen molar-refractivity contribution in [1.82, 2.24) is 5.32 Å². The van der Waals surface area contributed by atoms with Gasteiger partial charge in [-0.25, -0.2) is 0 Å². The average Bonchev–Trinajstić information content (AvgIpc) is 2.44. The minimum Gasteiger partial charge on any atom is -0.325 e. The van der Waals surface area contributed by atoms with Gasteiger partial charge in [0, 0.05) is 16.8 Å². The molecule has 0 fully saturated rings. The summed E-state index contributed by atoms with van der Waals surface area (Å²) in [6, 6.07) is 7.51. The summed E-state index contributed by atoms with van der Waals surface area (Å²) in [5.41, 5.74) is 0.775. The molecular weight excluding hydrogens is 272 g/mol. The number of carbonyl (C=O) groups excluding carboxylic acids is 1. The first kappa shape index (κ1) is 17.0. The fourth-order valence-electron chi connectivity index (χ4n) is 1.98. The van der Waals surface area contributed by atoms with E-state index in [4.69, 9.17) is 11.6 Å². The van der Waals surface area contributed by atoms with Crippen LogP contribution < -0.4 is 10.6 Å². The van der Waals surface area contributed by atoms with Crippen LogP contribution in [0.25, 0.3) is 0 Å². The molecule has 0 aliphatic heterocycles. The number of nitrogens with one attached hydrogen (secondary N) is 2. The second-order valence-electron chi connectivity index (χ2n) is 5.19. The molecule has 0 aliphatic carbocycles. The highest BCUT2D eigenvalue weighted by Gasteiger charge is 2.05. The molecule has 0 heterocycles. The Morgan fingerprint density at radius 1 is 1.20 bits per heavy atom. The largest absolute Gasteiger partial charge is 0.325 e. The van der Waals surface area contributed by atoms with Crippen molar-refractivity contribution in [2.24, 2.45) is 0 Å². The average molecular weight is 297 g/mol. The summed E-state index contributed by atoms with van der Waals surface area (Å²) in [5, 5.41) is 6.76. The van der Waals surface area contributed by atoms with Crippen LogP contribution in [0.2, 0.25) is 5.02 Å². The smallest absolute Gasteiger partial charge is 0.238 e. The van der Waals surface area contributed by atoms with E-state index >= 15 is 0 Å². The van der Waals surface area contributed by atoms with Gasteiger partial charge in [0.15, 0.2) is 0 Å². The Labute approximate surface area is 127 Å². The maximum absolute atomic E-state index is 11.8. The van der Waals surface area contributed by atoms with Gasteiger partial charge in [-0.2, -0.15) is 0 Å². The molecule has 0 spiro atoms. The molecule has 3 nitrogen and oxygen atoms in total. The molecule has 0 aliphatic rings. The molecule has 1 amide bonds. The van der Waals surface area contributed by atoms with Crippen molar-refractivity contribution in [1.29, 1.82) is 0 Å². The molecule has 0 radical (unpaired) electrons. The van der Waals surface area contributed by atoms with Crippen molar-refractivity contribution < 1.29 is 4.79 Å². The van der Waals surface area contributed by atoms with Crippen LogP contribution in [0.1, 0.15) is 46.0 Å². The number of benzene rings is 1. The van der Waals surface area contributed by atoms with Gasteiger partial charge in [0.25, 0.3) is 0 Å². The molecule has 4 heteroatoms. The van der Waals surface area contributed by atoms with Crippen molar-refractivity contribution in [3.63, 3.8) is 0 Å². The maximum Gasteiger partial charge on any atom is 0.238 e. The van der Waals surface area contributed by atoms with Crippen molar-refractivity contribution >= 4 is 23.2 Å². The van der Waals surface area contributed by atoms with E-state index < -0.39 is 0 Å². The van der Waals surface area contributed by atoms with E-state index in [1.165, 1.54) is 25.7 Å². The number of hydrogen-bond acceptors (Lipinski definition) is 2. The summed E-state index contributed by atoms with van der Waals surface area (Å²) in [7, 11) is 0. The van der Waals surface area contributed by atoms with Gasteiger partial charge in [-0.1, -0.05) is 44.2 Å². The first-order chi connectivity index (χ1) is 9.61. The molecule has 1 rings (SSSR count). The zero-order chi connectivity index (χ0) is 14.8. The van der Waals surface area contributed by atoms with Crippen LogP contribution in [0.15, 0.2) is 24.3 Å². The van der Waals surface area contributed by atoms with Gasteiger partial charge in [0.2, 0.25) is 5.91 Å². The van der Waals surface area contributed by atoms with Gasteiger partial charge < -0.3 is 10.6 Å². The highest BCUT2D eigenvalue weighted by molar-refractivity contribution is 6.30. The highest BCUT2D eigenvalue weighted by Crippen LogP contribution is 2.13. The predicted molar refractivity (Wildman–Crippen MR) is 86.3 cm³/mol. The Morgan fingerprint density at radius 3 is 2.55 bits per heavy atom. The van der Waals surface area contributed by atoms with E-state index in [1.807, 2.05) is 0 Å². The lowest BCUT2D eigenvalue weighted by Gasteiger charge is -2.13. The second-order valence-corrected chi connectivity index (χ2v) is 5.62. The molecular formula is C16H25ClN2O. The van der Waals surface area contributed by atoms with Gasteiger partial charge in [-0.15, -0.1) is 0 Å². The third-order valence-corrected chi connectivity index (χ3v) is 3.48. The van der Waals surface area contributed by atoms with Crippen molar-refractivity contribution in [2.75, 3.05) is 11.9 Å². The lowest BCUT2D eigenvalue weighted by Crippen LogP contribution is -2.34. The standard InChI is InChI=1S/C16H25ClN2O/c1-3-4-5-6-7-13(2)18-12-16(20)19-15-10-8-14(17)9-11-15/h8-11,13,18H,3-7,12H2,1-2H3,(H,19,20). The normalized spacial score (nSPS) is 12.2. The number of amides is 1. The van der Waals surface area contributed by atoms with Crippen molar-refractivity contribution in [3.05, 3.63) is 29.3 Å². The first-order valence-corrected chi connectivity index (χ1v) is 7.78. The Morgan fingerprint density at radius 2 is 1.90 bits per heavy atom. The molecule has 0 aromatic heterocycles. The fourth-order valence-corrected chi connectivity index (χ4v) is 2.11. The predicted octanol–water partition coefficient (Wildman–Crippen LogP) is 4.23. The Hall–Kier alpha value is -1.06. The molecule has 0 saturated heterocycles. The molecule has 20 heavy (non-hydrogen) atoms. The van der Waals surface area contributed by atoms with Crippen LogP contribution in [0.4, 0.5) is 5.69 Å². The third-order valence-electron chi connectivity index (χ3n) is 3.23. The van der Waals surface area contributed by atoms with E-state index in [0.717, 1.165) is 12.1 Å². The van der Waals surface area contributed by atoms with Gasteiger partial charge in [-0.05, 0) is 37.6 Å². The lowest BCUT2D eigenvalue weighted by atomic mass is 10.1. The summed E-state index contributed by atoms with van der Waals surface area (Å²) in [6.45, 7) is 4.68. The number of rotatable bonds is 9. The quantitative estimate of drug-likeness (QED) is 0.670. The van der Waals surface area contributed by atoms with Gasteiger partial charge in [0.1, 0.15) is 0 Å². The van der Waals surface area contributed by atoms with Crippen molar-refractivity contribution in [2.45, 2.75) is 52.0 Å². The van der Waals surface area contributed by atoms with Crippen LogP contribution in [0.3, 0.4) is 0 Å². The van der Waals surface area contributed by atoms with Gasteiger partial charge in [0.05, 0.1) is 6.54 Å². The summed E-state index contributed by atoms with van der Waals surface area (Å²) < 4.78 is 0. The molecule has 1 aromatic rings. The van der Waals surface area contributed by atoms with E-state index in [1.54, 1.807) is 24.3 Å². The Balaban J connectivity index is 2.17. The summed E-state index contributed by atoms with van der Waals surface area (Å²) >= 11 is 5.80. The molecule has 112 valence electrons. The Bertz CT molecular complexity index is 392. The molecule has 2 N–H and O–H groups in total. The molecule has 0 bridgehead atoms. The summed E-state index contributed by atoms with van der Waals surface area (Å²) in [6.07, 6.45) is 6.17. The van der Waals surface area contributed by atoms with E-state index in [2.05, 4.69) is 24.5 Å². The highest BCUT2D eigenvalue weighted by atomic mass is 35.5.